The van der Waals surface area contributed by atoms with Crippen molar-refractivity contribution in [3.8, 4) is 11.4 Å². The molecule has 6 aromatic rings. The van der Waals surface area contributed by atoms with E-state index in [1.165, 1.54) is 9.80 Å². The molecule has 258 valence electrons. The average molecular weight is 683 g/mol. The molecule has 12 nitrogen and oxygen atoms in total. The van der Waals surface area contributed by atoms with Crippen molar-refractivity contribution in [2.75, 3.05) is 46.3 Å². The van der Waals surface area contributed by atoms with E-state index in [0.29, 0.717) is 48.1 Å². The zero-order chi connectivity index (χ0) is 35.5. The van der Waals surface area contributed by atoms with Gasteiger partial charge in [0.2, 0.25) is 6.41 Å². The van der Waals surface area contributed by atoms with Crippen LogP contribution >= 0.6 is 0 Å². The van der Waals surface area contributed by atoms with Crippen molar-refractivity contribution < 1.29 is 19.2 Å². The summed E-state index contributed by atoms with van der Waals surface area (Å²) >= 11 is 0. The third kappa shape index (κ3) is 6.42. The second-order valence-electron chi connectivity index (χ2n) is 12.7. The minimum absolute atomic E-state index is 0.250. The molecule has 2 aromatic heterocycles. The van der Waals surface area contributed by atoms with Gasteiger partial charge in [-0.3, -0.25) is 29.0 Å². The predicted molar refractivity (Wildman–Crippen MR) is 194 cm³/mol. The van der Waals surface area contributed by atoms with Crippen LogP contribution in [0.4, 0.5) is 0 Å². The van der Waals surface area contributed by atoms with Crippen LogP contribution in [-0.2, 0) is 4.79 Å². The summed E-state index contributed by atoms with van der Waals surface area (Å²) in [4.78, 5) is 65.6. The third-order valence-corrected chi connectivity index (χ3v) is 9.51. The Kier molecular flexibility index (Phi) is 9.51. The van der Waals surface area contributed by atoms with Gasteiger partial charge < -0.3 is 19.4 Å². The highest BCUT2D eigenvalue weighted by molar-refractivity contribution is 6.26. The van der Waals surface area contributed by atoms with Crippen LogP contribution in [0.25, 0.3) is 32.9 Å². The SMILES string of the molecule is Cc1ccc(-n2ccnc2)c2cccc(C(=O)N(C=O)CCN(C)CCCNCCN3C(=O)c4cccc5c(-n6ccnc6)ccc(c45)C3=O)c12. The molecule has 1 aliphatic rings. The van der Waals surface area contributed by atoms with Gasteiger partial charge in [0.1, 0.15) is 0 Å². The Hall–Kier alpha value is -5.98. The van der Waals surface area contributed by atoms with Crippen molar-refractivity contribution in [3.63, 3.8) is 0 Å². The molecule has 0 saturated carbocycles. The smallest absolute Gasteiger partial charge is 0.261 e. The van der Waals surface area contributed by atoms with Crippen molar-refractivity contribution in [1.29, 1.82) is 0 Å². The summed E-state index contributed by atoms with van der Waals surface area (Å²) in [5.74, 6) is -0.932. The Morgan fingerprint density at radius 3 is 2.10 bits per heavy atom. The number of hydrogen-bond donors (Lipinski definition) is 1. The Bertz CT molecular complexity index is 2230. The number of benzene rings is 4. The van der Waals surface area contributed by atoms with E-state index in [-0.39, 0.29) is 30.8 Å². The Morgan fingerprint density at radius 2 is 1.43 bits per heavy atom. The second kappa shape index (κ2) is 14.5. The number of imidazole rings is 2. The Labute approximate surface area is 294 Å². The zero-order valence-corrected chi connectivity index (χ0v) is 28.5. The molecule has 4 amide bonds. The maximum absolute atomic E-state index is 13.6. The molecule has 3 heterocycles. The fourth-order valence-electron chi connectivity index (χ4n) is 6.87. The summed E-state index contributed by atoms with van der Waals surface area (Å²) in [6, 6.07) is 18.8. The van der Waals surface area contributed by atoms with Crippen molar-refractivity contribution in [1.82, 2.24) is 39.1 Å². The Balaban J connectivity index is 0.900. The minimum Gasteiger partial charge on any atom is -0.315 e. The van der Waals surface area contributed by atoms with Crippen molar-refractivity contribution in [2.24, 2.45) is 0 Å². The number of imide groups is 2. The first-order valence-electron chi connectivity index (χ1n) is 16.9. The lowest BCUT2D eigenvalue weighted by Gasteiger charge is -2.28. The number of nitrogens with zero attached hydrogens (tertiary/aromatic N) is 7. The van der Waals surface area contributed by atoms with E-state index in [2.05, 4.69) is 20.2 Å². The molecule has 0 bridgehead atoms. The number of nitrogens with one attached hydrogen (secondary N) is 1. The van der Waals surface area contributed by atoms with Crippen LogP contribution in [0.3, 0.4) is 0 Å². The molecule has 1 N–H and O–H groups in total. The molecule has 1 aliphatic heterocycles. The van der Waals surface area contributed by atoms with Crippen LogP contribution < -0.4 is 5.32 Å². The number of fused-ring (bicyclic) bond motifs is 1. The van der Waals surface area contributed by atoms with Crippen molar-refractivity contribution in [3.05, 3.63) is 120 Å². The molecule has 0 aliphatic carbocycles. The van der Waals surface area contributed by atoms with Crippen LogP contribution in [0.5, 0.6) is 0 Å². The summed E-state index contributed by atoms with van der Waals surface area (Å²) in [5, 5.41) is 6.57. The fraction of sp³-hybridized carbons (Fsp3) is 0.231. The van der Waals surface area contributed by atoms with Gasteiger partial charge in [-0.15, -0.1) is 0 Å². The summed E-state index contributed by atoms with van der Waals surface area (Å²) in [6.07, 6.45) is 11.9. The van der Waals surface area contributed by atoms with Gasteiger partial charge in [0.25, 0.3) is 17.7 Å². The lowest BCUT2D eigenvalue weighted by molar-refractivity contribution is -0.116. The van der Waals surface area contributed by atoms with Crippen LogP contribution in [-0.4, -0.2) is 104 Å². The van der Waals surface area contributed by atoms with Crippen molar-refractivity contribution in [2.45, 2.75) is 13.3 Å². The monoisotopic (exact) mass is 682 g/mol. The normalized spacial score (nSPS) is 12.7. The van der Waals surface area contributed by atoms with E-state index in [1.54, 1.807) is 43.2 Å². The molecule has 0 radical (unpaired) electrons. The first-order valence-corrected chi connectivity index (χ1v) is 16.9. The van der Waals surface area contributed by atoms with Gasteiger partial charge in [0.15, 0.2) is 0 Å². The molecule has 51 heavy (non-hydrogen) atoms. The molecular weight excluding hydrogens is 644 g/mol. The summed E-state index contributed by atoms with van der Waals surface area (Å²) in [6.45, 7) is 4.83. The molecule has 0 atom stereocenters. The third-order valence-electron chi connectivity index (χ3n) is 9.51. The number of carbonyl (C=O) groups excluding carboxylic acids is 4. The minimum atomic E-state index is -0.337. The number of rotatable bonds is 14. The molecule has 0 spiro atoms. The van der Waals surface area contributed by atoms with Gasteiger partial charge in [-0.05, 0) is 74.8 Å². The lowest BCUT2D eigenvalue weighted by atomic mass is 9.93. The topological polar surface area (TPSA) is 126 Å². The number of amides is 4. The quantitative estimate of drug-likeness (QED) is 0.101. The summed E-state index contributed by atoms with van der Waals surface area (Å²) < 4.78 is 3.78. The highest BCUT2D eigenvalue weighted by Crippen LogP contribution is 2.34. The number of hydrogen-bond acceptors (Lipinski definition) is 8. The number of likely N-dealkylation sites (N-methyl/N-ethyl adjacent to an activating group) is 1. The molecule has 0 fully saturated rings. The van der Waals surface area contributed by atoms with E-state index in [0.717, 1.165) is 46.1 Å². The number of aromatic nitrogens is 4. The molecule has 4 aromatic carbocycles. The molecule has 0 saturated heterocycles. The molecular formula is C39H38N8O4. The fourth-order valence-corrected chi connectivity index (χ4v) is 6.87. The van der Waals surface area contributed by atoms with Crippen LogP contribution in [0, 0.1) is 6.92 Å². The number of aryl methyl sites for hydroxylation is 1. The van der Waals surface area contributed by atoms with E-state index in [1.807, 2.05) is 78.0 Å². The van der Waals surface area contributed by atoms with Crippen LogP contribution in [0.1, 0.15) is 43.1 Å². The second-order valence-corrected chi connectivity index (χ2v) is 12.7. The standard InChI is InChI=1S/C39H38N8O4/c1-27-10-12-33(44-19-15-41-24-44)28-6-3-8-30(35(27)28)37(49)46(26-48)23-22-43(2)18-5-14-40-17-21-47-38(50)31-9-4-7-29-34(45-20-16-42-25-45)13-11-32(36(29)31)39(47)51/h3-4,6-13,15-16,19-20,24-26,40H,5,14,17-18,21-23H2,1-2H3. The van der Waals surface area contributed by atoms with Crippen LogP contribution in [0.15, 0.2) is 98.1 Å². The first kappa shape index (κ1) is 33.5. The maximum atomic E-state index is 13.6. The van der Waals surface area contributed by atoms with Crippen LogP contribution in [0.2, 0.25) is 0 Å². The van der Waals surface area contributed by atoms with E-state index < -0.39 is 0 Å². The van der Waals surface area contributed by atoms with Gasteiger partial charge in [-0.25, -0.2) is 9.97 Å². The molecule has 12 heteroatoms. The Morgan fingerprint density at radius 1 is 0.784 bits per heavy atom. The zero-order valence-electron chi connectivity index (χ0n) is 28.5. The predicted octanol–water partition coefficient (Wildman–Crippen LogP) is 4.48. The first-order chi connectivity index (χ1) is 24.9. The lowest BCUT2D eigenvalue weighted by Crippen LogP contribution is -2.44. The summed E-state index contributed by atoms with van der Waals surface area (Å²) in [5.41, 5.74) is 4.23. The van der Waals surface area contributed by atoms with Crippen molar-refractivity contribution >= 4 is 45.7 Å². The van der Waals surface area contributed by atoms with Gasteiger partial charge >= 0.3 is 0 Å². The highest BCUT2D eigenvalue weighted by Gasteiger charge is 2.33. The van der Waals surface area contributed by atoms with Gasteiger partial charge in [0.05, 0.1) is 24.0 Å². The van der Waals surface area contributed by atoms with Gasteiger partial charge in [-0.1, -0.05) is 30.3 Å². The van der Waals surface area contributed by atoms with E-state index >= 15 is 0 Å². The maximum Gasteiger partial charge on any atom is 0.261 e. The number of carbonyl (C=O) groups is 4. The summed E-state index contributed by atoms with van der Waals surface area (Å²) in [7, 11) is 1.95. The molecule has 7 rings (SSSR count). The highest BCUT2D eigenvalue weighted by atomic mass is 16.2. The van der Waals surface area contributed by atoms with E-state index in [9.17, 15) is 19.2 Å². The average Bonchev–Trinajstić information content (AvgIpc) is 3.89. The van der Waals surface area contributed by atoms with E-state index in [4.69, 9.17) is 0 Å². The van der Waals surface area contributed by atoms with Gasteiger partial charge in [-0.2, -0.15) is 0 Å². The largest absolute Gasteiger partial charge is 0.315 e. The molecule has 0 unspecified atom stereocenters. The van der Waals surface area contributed by atoms with Gasteiger partial charge in [0, 0.05) is 83.8 Å².